The number of hydrogen-bond donors (Lipinski definition) is 2. The fourth-order valence-corrected chi connectivity index (χ4v) is 4.55. The minimum atomic E-state index is -3.79. The van der Waals surface area contributed by atoms with Crippen LogP contribution in [0.2, 0.25) is 0 Å². The van der Waals surface area contributed by atoms with Gasteiger partial charge in [-0.15, -0.1) is 0 Å². The first-order valence-corrected chi connectivity index (χ1v) is 9.88. The Kier molecular flexibility index (Phi) is 5.74. The highest BCUT2D eigenvalue weighted by Crippen LogP contribution is 2.40. The molecule has 26 heavy (non-hydrogen) atoms. The van der Waals surface area contributed by atoms with Gasteiger partial charge in [0.15, 0.2) is 0 Å². The summed E-state index contributed by atoms with van der Waals surface area (Å²) in [6.07, 6.45) is -0.360. The molecule has 1 heterocycles. The number of carboxylic acid groups (broad SMARTS) is 1. The molecule has 146 valence electrons. The quantitative estimate of drug-likeness (QED) is 0.771. The van der Waals surface area contributed by atoms with Gasteiger partial charge >= 0.3 is 5.97 Å². The van der Waals surface area contributed by atoms with Crippen LogP contribution in [0.1, 0.15) is 32.3 Å². The number of aliphatic carboxylic acids is 1. The van der Waals surface area contributed by atoms with Crippen molar-refractivity contribution in [3.05, 3.63) is 35.4 Å². The summed E-state index contributed by atoms with van der Waals surface area (Å²) in [6, 6.07) is 3.35. The molecule has 0 radical (unpaired) electrons. The molecular formula is C17H23F2NO5S. The molecule has 1 saturated heterocycles. The lowest BCUT2D eigenvalue weighted by atomic mass is 9.70. The molecule has 9 heteroatoms. The Hall–Kier alpha value is -1.58. The van der Waals surface area contributed by atoms with E-state index in [1.165, 1.54) is 19.9 Å². The Bertz CT molecular complexity index is 766. The van der Waals surface area contributed by atoms with Gasteiger partial charge in [-0.2, -0.15) is 0 Å². The predicted octanol–water partition coefficient (Wildman–Crippen LogP) is 1.77. The first kappa shape index (κ1) is 20.7. The van der Waals surface area contributed by atoms with Gasteiger partial charge in [0.2, 0.25) is 10.0 Å². The van der Waals surface area contributed by atoms with Gasteiger partial charge in [0.05, 0.1) is 16.8 Å². The molecule has 0 saturated carbocycles. The van der Waals surface area contributed by atoms with Crippen LogP contribution in [-0.4, -0.2) is 53.3 Å². The zero-order chi connectivity index (χ0) is 19.8. The number of benzene rings is 1. The van der Waals surface area contributed by atoms with Gasteiger partial charge < -0.3 is 10.2 Å². The summed E-state index contributed by atoms with van der Waals surface area (Å²) in [4.78, 5) is 11.4. The van der Waals surface area contributed by atoms with Crippen molar-refractivity contribution < 1.29 is 32.2 Å². The summed E-state index contributed by atoms with van der Waals surface area (Å²) in [5, 5.41) is 19.9. The molecule has 2 N–H and O–H groups in total. The van der Waals surface area contributed by atoms with E-state index in [9.17, 15) is 32.2 Å². The Morgan fingerprint density at radius 2 is 1.73 bits per heavy atom. The van der Waals surface area contributed by atoms with Crippen molar-refractivity contribution in [2.45, 2.75) is 38.7 Å². The number of piperidine rings is 1. The third kappa shape index (κ3) is 3.89. The third-order valence-corrected chi connectivity index (χ3v) is 7.18. The molecule has 0 aliphatic carbocycles. The number of rotatable bonds is 6. The number of nitrogens with zero attached hydrogens (tertiary/aromatic N) is 1. The highest BCUT2D eigenvalue weighted by atomic mass is 32.2. The van der Waals surface area contributed by atoms with E-state index in [2.05, 4.69) is 0 Å². The maximum absolute atomic E-state index is 13.6. The van der Waals surface area contributed by atoms with Crippen LogP contribution in [0.3, 0.4) is 0 Å². The second-order valence-electron chi connectivity index (χ2n) is 7.13. The molecule has 6 nitrogen and oxygen atoms in total. The van der Waals surface area contributed by atoms with Crippen LogP contribution < -0.4 is 0 Å². The standard InChI is InChI=1S/C17H23F2NO5S/c1-16(2,15(21)22)17(23)7-9-20(10-8-17)26(24,25)11-6-12-13(18)4-3-5-14(12)19/h3-5,23H,6-11H2,1-2H3,(H,21,22). The van der Waals surface area contributed by atoms with Crippen LogP contribution >= 0.6 is 0 Å². The molecule has 0 bridgehead atoms. The summed E-state index contributed by atoms with van der Waals surface area (Å²) in [7, 11) is -3.79. The van der Waals surface area contributed by atoms with Crippen molar-refractivity contribution in [1.82, 2.24) is 4.31 Å². The summed E-state index contributed by atoms with van der Waals surface area (Å²) < 4.78 is 53.3. The number of aliphatic hydroxyl groups is 1. The number of hydrogen-bond acceptors (Lipinski definition) is 4. The van der Waals surface area contributed by atoms with Gasteiger partial charge in [-0.1, -0.05) is 6.07 Å². The fraction of sp³-hybridized carbons (Fsp3) is 0.588. The van der Waals surface area contributed by atoms with Crippen LogP contribution in [0.4, 0.5) is 8.78 Å². The average molecular weight is 391 g/mol. The van der Waals surface area contributed by atoms with Crippen LogP contribution in [0.5, 0.6) is 0 Å². The van der Waals surface area contributed by atoms with Gasteiger partial charge in [0.1, 0.15) is 11.6 Å². The molecular weight excluding hydrogens is 368 g/mol. The first-order valence-electron chi connectivity index (χ1n) is 8.27. The van der Waals surface area contributed by atoms with Crippen LogP contribution in [0.15, 0.2) is 18.2 Å². The lowest BCUT2D eigenvalue weighted by Gasteiger charge is -2.45. The fourth-order valence-electron chi connectivity index (χ4n) is 3.09. The normalized spacial score (nSPS) is 18.7. The van der Waals surface area contributed by atoms with E-state index in [1.54, 1.807) is 0 Å². The maximum Gasteiger partial charge on any atom is 0.312 e. The maximum atomic E-state index is 13.6. The minimum Gasteiger partial charge on any atom is -0.481 e. The Morgan fingerprint density at radius 1 is 1.23 bits per heavy atom. The number of sulfonamides is 1. The second kappa shape index (κ2) is 7.21. The van der Waals surface area contributed by atoms with Crippen molar-refractivity contribution in [2.75, 3.05) is 18.8 Å². The zero-order valence-corrected chi connectivity index (χ0v) is 15.5. The van der Waals surface area contributed by atoms with Crippen molar-refractivity contribution >= 4 is 16.0 Å². The molecule has 0 aromatic heterocycles. The Balaban J connectivity index is 2.05. The van der Waals surface area contributed by atoms with Crippen molar-refractivity contribution in [2.24, 2.45) is 5.41 Å². The van der Waals surface area contributed by atoms with E-state index in [1.807, 2.05) is 0 Å². The van der Waals surface area contributed by atoms with E-state index < -0.39 is 44.4 Å². The second-order valence-corrected chi connectivity index (χ2v) is 9.22. The van der Waals surface area contributed by atoms with E-state index >= 15 is 0 Å². The molecule has 0 unspecified atom stereocenters. The molecule has 1 aromatic rings. The lowest BCUT2D eigenvalue weighted by Crippen LogP contribution is -2.56. The SMILES string of the molecule is CC(C)(C(=O)O)C1(O)CCN(S(=O)(=O)CCc2c(F)cccc2F)CC1. The van der Waals surface area contributed by atoms with Crippen molar-refractivity contribution in [3.63, 3.8) is 0 Å². The van der Waals surface area contributed by atoms with Crippen molar-refractivity contribution in [1.29, 1.82) is 0 Å². The smallest absolute Gasteiger partial charge is 0.312 e. The zero-order valence-electron chi connectivity index (χ0n) is 14.7. The number of carbonyl (C=O) groups is 1. The van der Waals surface area contributed by atoms with Crippen LogP contribution in [-0.2, 0) is 21.2 Å². The lowest BCUT2D eigenvalue weighted by molar-refractivity contribution is -0.169. The molecule has 1 aliphatic heterocycles. The van der Waals surface area contributed by atoms with Crippen molar-refractivity contribution in [3.8, 4) is 0 Å². The highest BCUT2D eigenvalue weighted by Gasteiger charge is 2.51. The first-order chi connectivity index (χ1) is 11.9. The van der Waals surface area contributed by atoms with E-state index in [0.29, 0.717) is 0 Å². The molecule has 0 atom stereocenters. The van der Waals surface area contributed by atoms with Gasteiger partial charge in [-0.3, -0.25) is 4.79 Å². The average Bonchev–Trinajstić information content (AvgIpc) is 2.54. The van der Waals surface area contributed by atoms with E-state index in [0.717, 1.165) is 16.4 Å². The molecule has 1 aliphatic rings. The summed E-state index contributed by atoms with van der Waals surface area (Å²) in [6.45, 7) is 2.71. The van der Waals surface area contributed by atoms with E-state index in [-0.39, 0.29) is 37.9 Å². The number of halogens is 2. The monoisotopic (exact) mass is 391 g/mol. The van der Waals surface area contributed by atoms with Gasteiger partial charge in [-0.05, 0) is 45.2 Å². The minimum absolute atomic E-state index is 0.0282. The topological polar surface area (TPSA) is 94.9 Å². The Labute approximate surface area is 151 Å². The summed E-state index contributed by atoms with van der Waals surface area (Å²) in [5.41, 5.74) is -3.22. The molecule has 1 aromatic carbocycles. The van der Waals surface area contributed by atoms with Gasteiger partial charge in [0, 0.05) is 18.7 Å². The predicted molar refractivity (Wildman–Crippen MR) is 91.0 cm³/mol. The van der Waals surface area contributed by atoms with Gasteiger partial charge in [-0.25, -0.2) is 21.5 Å². The largest absolute Gasteiger partial charge is 0.481 e. The highest BCUT2D eigenvalue weighted by molar-refractivity contribution is 7.89. The molecule has 2 rings (SSSR count). The third-order valence-electron chi connectivity index (χ3n) is 5.31. The number of carboxylic acids is 1. The Morgan fingerprint density at radius 3 is 2.19 bits per heavy atom. The molecule has 0 amide bonds. The van der Waals surface area contributed by atoms with Crippen LogP contribution in [0, 0.1) is 17.0 Å². The molecule has 1 fully saturated rings. The van der Waals surface area contributed by atoms with Gasteiger partial charge in [0.25, 0.3) is 0 Å². The summed E-state index contributed by atoms with van der Waals surface area (Å²) in [5.74, 6) is -3.22. The van der Waals surface area contributed by atoms with Crippen LogP contribution in [0.25, 0.3) is 0 Å². The van der Waals surface area contributed by atoms with E-state index in [4.69, 9.17) is 0 Å². The molecule has 0 spiro atoms. The summed E-state index contributed by atoms with van der Waals surface area (Å²) >= 11 is 0.